The Morgan fingerprint density at radius 3 is 2.59 bits per heavy atom. The Morgan fingerprint density at radius 2 is 1.94 bits per heavy atom. The van der Waals surface area contributed by atoms with Gasteiger partial charge in [0.25, 0.3) is 0 Å². The molecule has 1 heterocycles. The van der Waals surface area contributed by atoms with Gasteiger partial charge in [0.2, 0.25) is 0 Å². The smallest absolute Gasteiger partial charge is 0.101 e. The molecule has 3 rings (SSSR count). The van der Waals surface area contributed by atoms with Crippen LogP contribution in [-0.2, 0) is 0 Å². The van der Waals surface area contributed by atoms with Gasteiger partial charge in [0.15, 0.2) is 0 Å². The van der Waals surface area contributed by atoms with Crippen molar-refractivity contribution < 1.29 is 0 Å². The van der Waals surface area contributed by atoms with Crippen LogP contribution in [0.25, 0.3) is 0 Å². The third-order valence-corrected chi connectivity index (χ3v) is 4.34. The minimum absolute atomic E-state index is 0.838. The summed E-state index contributed by atoms with van der Waals surface area (Å²) in [5.74, 6) is 1.76. The SMILES string of the molecule is Cc1ccc(N2CC3CCCC3C2)c(C#N)c1. The van der Waals surface area contributed by atoms with E-state index in [2.05, 4.69) is 23.1 Å². The van der Waals surface area contributed by atoms with Crippen LogP contribution in [0.4, 0.5) is 5.69 Å². The van der Waals surface area contributed by atoms with Crippen LogP contribution in [-0.4, -0.2) is 13.1 Å². The van der Waals surface area contributed by atoms with Gasteiger partial charge in [-0.2, -0.15) is 5.26 Å². The summed E-state index contributed by atoms with van der Waals surface area (Å²) in [5, 5.41) is 9.23. The van der Waals surface area contributed by atoms with E-state index in [9.17, 15) is 5.26 Å². The molecule has 1 aromatic carbocycles. The fraction of sp³-hybridized carbons (Fsp3) is 0.533. The molecular formula is C15H18N2. The predicted octanol–water partition coefficient (Wildman–Crippen LogP) is 3.10. The monoisotopic (exact) mass is 226 g/mol. The molecule has 2 atom stereocenters. The standard InChI is InChI=1S/C15H18N2/c1-11-5-6-15(14(7-11)8-16)17-9-12-3-2-4-13(12)10-17/h5-7,12-13H,2-4,9-10H2,1H3. The van der Waals surface area contributed by atoms with E-state index >= 15 is 0 Å². The molecule has 17 heavy (non-hydrogen) atoms. The van der Waals surface area contributed by atoms with Gasteiger partial charge in [0, 0.05) is 13.1 Å². The Balaban J connectivity index is 1.88. The average molecular weight is 226 g/mol. The van der Waals surface area contributed by atoms with Gasteiger partial charge in [0.05, 0.1) is 11.3 Å². The number of benzene rings is 1. The van der Waals surface area contributed by atoms with Crippen LogP contribution in [0.3, 0.4) is 0 Å². The lowest BCUT2D eigenvalue weighted by Crippen LogP contribution is -2.21. The highest BCUT2D eigenvalue weighted by Crippen LogP contribution is 2.40. The van der Waals surface area contributed by atoms with Crippen LogP contribution in [0.15, 0.2) is 18.2 Å². The van der Waals surface area contributed by atoms with Crippen molar-refractivity contribution in [3.8, 4) is 6.07 Å². The summed E-state index contributed by atoms with van der Waals surface area (Å²) in [4.78, 5) is 2.42. The van der Waals surface area contributed by atoms with Crippen molar-refractivity contribution in [3.63, 3.8) is 0 Å². The normalized spacial score (nSPS) is 26.9. The zero-order valence-electron chi connectivity index (χ0n) is 10.3. The first kappa shape index (κ1) is 10.7. The second kappa shape index (κ2) is 4.07. The molecule has 2 aliphatic rings. The highest BCUT2D eigenvalue weighted by Gasteiger charge is 2.36. The minimum Gasteiger partial charge on any atom is -0.370 e. The second-order valence-electron chi connectivity index (χ2n) is 5.49. The molecule has 2 unspecified atom stereocenters. The summed E-state index contributed by atoms with van der Waals surface area (Å²) in [7, 11) is 0. The van der Waals surface area contributed by atoms with Gasteiger partial charge in [0.1, 0.15) is 6.07 Å². The van der Waals surface area contributed by atoms with Crippen molar-refractivity contribution in [3.05, 3.63) is 29.3 Å². The average Bonchev–Trinajstić information content (AvgIpc) is 2.89. The zero-order chi connectivity index (χ0) is 11.8. The van der Waals surface area contributed by atoms with Crippen molar-refractivity contribution in [1.29, 1.82) is 5.26 Å². The molecule has 0 N–H and O–H groups in total. The second-order valence-corrected chi connectivity index (χ2v) is 5.49. The molecule has 1 aromatic rings. The number of hydrogen-bond acceptors (Lipinski definition) is 2. The van der Waals surface area contributed by atoms with Gasteiger partial charge < -0.3 is 4.90 Å². The number of aryl methyl sites for hydroxylation is 1. The zero-order valence-corrected chi connectivity index (χ0v) is 10.3. The van der Waals surface area contributed by atoms with E-state index in [0.29, 0.717) is 0 Å². The molecule has 2 heteroatoms. The Hall–Kier alpha value is -1.49. The topological polar surface area (TPSA) is 27.0 Å². The summed E-state index contributed by atoms with van der Waals surface area (Å²) in [6.45, 7) is 4.36. The summed E-state index contributed by atoms with van der Waals surface area (Å²) in [5.41, 5.74) is 3.15. The van der Waals surface area contributed by atoms with Crippen molar-refractivity contribution in [2.75, 3.05) is 18.0 Å². The first-order valence-corrected chi connectivity index (χ1v) is 6.53. The summed E-state index contributed by atoms with van der Waals surface area (Å²) in [6.07, 6.45) is 4.17. The maximum absolute atomic E-state index is 9.23. The van der Waals surface area contributed by atoms with Gasteiger partial charge >= 0.3 is 0 Å². The fourth-order valence-corrected chi connectivity index (χ4v) is 3.45. The van der Waals surface area contributed by atoms with Crippen LogP contribution in [0, 0.1) is 30.1 Å². The van der Waals surface area contributed by atoms with E-state index in [1.807, 2.05) is 13.0 Å². The quantitative estimate of drug-likeness (QED) is 0.735. The molecule has 0 amide bonds. The first-order chi connectivity index (χ1) is 8.28. The molecule has 2 fully saturated rings. The van der Waals surface area contributed by atoms with Gasteiger partial charge in [-0.05, 0) is 49.3 Å². The van der Waals surface area contributed by atoms with Crippen molar-refractivity contribution in [2.45, 2.75) is 26.2 Å². The number of hydrogen-bond donors (Lipinski definition) is 0. The van der Waals surface area contributed by atoms with Gasteiger partial charge in [-0.25, -0.2) is 0 Å². The lowest BCUT2D eigenvalue weighted by molar-refractivity contribution is 0.494. The van der Waals surface area contributed by atoms with E-state index in [1.54, 1.807) is 0 Å². The van der Waals surface area contributed by atoms with Crippen LogP contribution in [0.1, 0.15) is 30.4 Å². The van der Waals surface area contributed by atoms with Crippen molar-refractivity contribution in [2.24, 2.45) is 11.8 Å². The van der Waals surface area contributed by atoms with E-state index in [4.69, 9.17) is 0 Å². The van der Waals surface area contributed by atoms with E-state index in [0.717, 1.165) is 36.2 Å². The Bertz CT molecular complexity index is 460. The van der Waals surface area contributed by atoms with E-state index in [-0.39, 0.29) is 0 Å². The molecule has 1 saturated carbocycles. The first-order valence-electron chi connectivity index (χ1n) is 6.53. The van der Waals surface area contributed by atoms with Crippen molar-refractivity contribution >= 4 is 5.69 Å². The lowest BCUT2D eigenvalue weighted by Gasteiger charge is -2.21. The van der Waals surface area contributed by atoms with Crippen LogP contribution in [0.2, 0.25) is 0 Å². The van der Waals surface area contributed by atoms with Gasteiger partial charge in [-0.1, -0.05) is 12.5 Å². The van der Waals surface area contributed by atoms with Gasteiger partial charge in [-0.3, -0.25) is 0 Å². The molecule has 0 spiro atoms. The van der Waals surface area contributed by atoms with E-state index < -0.39 is 0 Å². The Kier molecular flexibility index (Phi) is 2.55. The molecule has 1 saturated heterocycles. The summed E-state index contributed by atoms with van der Waals surface area (Å²) < 4.78 is 0. The fourth-order valence-electron chi connectivity index (χ4n) is 3.45. The molecule has 0 radical (unpaired) electrons. The largest absolute Gasteiger partial charge is 0.370 e. The number of anilines is 1. The predicted molar refractivity (Wildman–Crippen MR) is 68.9 cm³/mol. The van der Waals surface area contributed by atoms with Crippen LogP contribution >= 0.6 is 0 Å². The highest BCUT2D eigenvalue weighted by molar-refractivity contribution is 5.61. The molecule has 88 valence electrons. The lowest BCUT2D eigenvalue weighted by atomic mass is 10.0. The maximum atomic E-state index is 9.23. The molecule has 0 aromatic heterocycles. The number of fused-ring (bicyclic) bond motifs is 1. The maximum Gasteiger partial charge on any atom is 0.101 e. The minimum atomic E-state index is 0.838. The molecule has 2 nitrogen and oxygen atoms in total. The third-order valence-electron chi connectivity index (χ3n) is 4.34. The summed E-state index contributed by atoms with van der Waals surface area (Å²) in [6, 6.07) is 8.58. The Labute approximate surface area is 103 Å². The molecular weight excluding hydrogens is 208 g/mol. The van der Waals surface area contributed by atoms with E-state index in [1.165, 1.54) is 24.8 Å². The van der Waals surface area contributed by atoms with Crippen molar-refractivity contribution in [1.82, 2.24) is 0 Å². The highest BCUT2D eigenvalue weighted by atomic mass is 15.2. The molecule has 0 bridgehead atoms. The number of nitrogens with zero attached hydrogens (tertiary/aromatic N) is 2. The van der Waals surface area contributed by atoms with Gasteiger partial charge in [-0.15, -0.1) is 0 Å². The third kappa shape index (κ3) is 1.80. The number of rotatable bonds is 1. The van der Waals surface area contributed by atoms with Crippen LogP contribution in [0.5, 0.6) is 0 Å². The molecule has 1 aliphatic carbocycles. The number of nitriles is 1. The molecule has 1 aliphatic heterocycles. The van der Waals surface area contributed by atoms with Crippen LogP contribution < -0.4 is 4.90 Å². The Morgan fingerprint density at radius 1 is 1.24 bits per heavy atom. The summed E-state index contributed by atoms with van der Waals surface area (Å²) >= 11 is 0.